The van der Waals surface area contributed by atoms with E-state index < -0.39 is 36.3 Å². The predicted octanol–water partition coefficient (Wildman–Crippen LogP) is 6.14. The maximum atomic E-state index is 12.7. The van der Waals surface area contributed by atoms with Crippen molar-refractivity contribution >= 4 is 35.5 Å². The second-order valence-electron chi connectivity index (χ2n) is 11.2. The number of benzene rings is 4. The molecule has 2 amide bonds. The highest BCUT2D eigenvalue weighted by Crippen LogP contribution is 2.20. The number of carbonyl (C=O) groups excluding carboxylic acids is 4. The van der Waals surface area contributed by atoms with Crippen molar-refractivity contribution in [2.45, 2.75) is 18.6 Å². The Bertz CT molecular complexity index is 1690. The molecule has 4 aromatic rings. The van der Waals surface area contributed by atoms with Crippen LogP contribution in [0, 0.1) is 0 Å². The Morgan fingerprint density at radius 2 is 0.906 bits per heavy atom. The molecule has 0 radical (unpaired) electrons. The van der Waals surface area contributed by atoms with Crippen LogP contribution in [0.25, 0.3) is 0 Å². The number of ether oxygens (including phenoxy) is 6. The molecule has 0 saturated carbocycles. The summed E-state index contributed by atoms with van der Waals surface area (Å²) in [4.78, 5) is 48.4. The van der Waals surface area contributed by atoms with Crippen LogP contribution in [0.5, 0.6) is 23.0 Å². The molecule has 4 N–H and O–H groups in total. The number of carbonyl (C=O) groups is 4. The van der Waals surface area contributed by atoms with E-state index >= 15 is 0 Å². The first-order valence-electron chi connectivity index (χ1n) is 16.1. The number of esters is 2. The Hall–Kier alpha value is -6.96. The molecule has 14 heteroatoms. The van der Waals surface area contributed by atoms with Gasteiger partial charge >= 0.3 is 24.1 Å². The second kappa shape index (κ2) is 20.0. The molecule has 0 aliphatic heterocycles. The van der Waals surface area contributed by atoms with Crippen molar-refractivity contribution < 1.29 is 57.8 Å². The van der Waals surface area contributed by atoms with Crippen molar-refractivity contribution in [3.05, 3.63) is 133 Å². The number of amides is 2. The van der Waals surface area contributed by atoms with Crippen LogP contribution in [0.3, 0.4) is 0 Å². The topological polar surface area (TPSA) is 188 Å². The zero-order valence-corrected chi connectivity index (χ0v) is 28.5. The summed E-state index contributed by atoms with van der Waals surface area (Å²) >= 11 is 0. The van der Waals surface area contributed by atoms with E-state index in [0.29, 0.717) is 29.3 Å². The van der Waals surface area contributed by atoms with Gasteiger partial charge in [0.05, 0.1) is 0 Å². The van der Waals surface area contributed by atoms with Crippen molar-refractivity contribution in [3.63, 3.8) is 0 Å². The van der Waals surface area contributed by atoms with Gasteiger partial charge in [-0.3, -0.25) is 10.6 Å². The number of nitrogens with one attached hydrogen (secondary N) is 2. The third-order valence-corrected chi connectivity index (χ3v) is 7.06. The third kappa shape index (κ3) is 14.1. The molecule has 4 rings (SSSR count). The first-order chi connectivity index (χ1) is 25.6. The van der Waals surface area contributed by atoms with Gasteiger partial charge in [-0.2, -0.15) is 0 Å². The number of rotatable bonds is 18. The Morgan fingerprint density at radius 3 is 1.25 bits per heavy atom. The minimum absolute atomic E-state index is 0.0645. The summed E-state index contributed by atoms with van der Waals surface area (Å²) in [5, 5.41) is 24.2. The number of phenols is 2. The van der Waals surface area contributed by atoms with Crippen LogP contribution in [0.4, 0.5) is 21.0 Å². The van der Waals surface area contributed by atoms with Gasteiger partial charge in [0.25, 0.3) is 0 Å². The zero-order chi connectivity index (χ0) is 38.0. The minimum atomic E-state index is -0.944. The normalized spacial score (nSPS) is 11.5. The Balaban J connectivity index is 1.25. The number of anilines is 2. The van der Waals surface area contributed by atoms with E-state index in [2.05, 4.69) is 23.8 Å². The number of aromatic hydroxyl groups is 2. The lowest BCUT2D eigenvalue weighted by atomic mass is 10.0. The molecule has 53 heavy (non-hydrogen) atoms. The summed E-state index contributed by atoms with van der Waals surface area (Å²) in [5.41, 5.74) is 2.80. The molecular formula is C39H38N2O12. The van der Waals surface area contributed by atoms with Gasteiger partial charge in [-0.25, -0.2) is 19.2 Å². The van der Waals surface area contributed by atoms with Gasteiger partial charge in [-0.15, -0.1) is 0 Å². The van der Waals surface area contributed by atoms with Gasteiger partial charge < -0.3 is 38.6 Å². The van der Waals surface area contributed by atoms with Crippen LogP contribution < -0.4 is 20.1 Å². The van der Waals surface area contributed by atoms with Gasteiger partial charge in [-0.1, -0.05) is 37.4 Å². The fraction of sp³-hybridized carbons (Fsp3) is 0.179. The third-order valence-electron chi connectivity index (χ3n) is 7.06. The highest BCUT2D eigenvalue weighted by molar-refractivity contribution is 5.85. The molecular weight excluding hydrogens is 688 g/mol. The average Bonchev–Trinajstić information content (AvgIpc) is 3.16. The van der Waals surface area contributed by atoms with Gasteiger partial charge in [0.2, 0.25) is 0 Å². The molecule has 2 atom stereocenters. The van der Waals surface area contributed by atoms with Crippen molar-refractivity contribution in [1.29, 1.82) is 0 Å². The highest BCUT2D eigenvalue weighted by atomic mass is 16.6. The van der Waals surface area contributed by atoms with E-state index in [9.17, 15) is 29.4 Å². The quantitative estimate of drug-likeness (QED) is 0.0522. The van der Waals surface area contributed by atoms with Crippen molar-refractivity contribution in [3.8, 4) is 23.0 Å². The molecule has 0 saturated heterocycles. The molecule has 0 heterocycles. The highest BCUT2D eigenvalue weighted by Gasteiger charge is 2.20. The van der Waals surface area contributed by atoms with E-state index in [-0.39, 0.29) is 37.9 Å². The van der Waals surface area contributed by atoms with E-state index in [1.54, 1.807) is 24.3 Å². The zero-order valence-electron chi connectivity index (χ0n) is 28.5. The molecule has 4 aromatic carbocycles. The summed E-state index contributed by atoms with van der Waals surface area (Å²) < 4.78 is 32.1. The summed E-state index contributed by atoms with van der Waals surface area (Å²) in [6.07, 6.45) is -0.936. The van der Waals surface area contributed by atoms with E-state index in [4.69, 9.17) is 28.4 Å². The summed E-state index contributed by atoms with van der Waals surface area (Å²) in [5.74, 6) is -0.407. The molecule has 0 fully saturated rings. The number of hydrogen-bond donors (Lipinski definition) is 4. The van der Waals surface area contributed by atoms with Gasteiger partial charge in [0.15, 0.2) is 12.2 Å². The average molecular weight is 727 g/mol. The van der Waals surface area contributed by atoms with Crippen molar-refractivity contribution in [1.82, 2.24) is 0 Å². The van der Waals surface area contributed by atoms with Crippen LogP contribution in [-0.2, 0) is 35.0 Å². The number of hydrogen-bond acceptors (Lipinski definition) is 12. The maximum absolute atomic E-state index is 12.7. The molecule has 276 valence electrons. The van der Waals surface area contributed by atoms with Crippen LogP contribution >= 0.6 is 0 Å². The standard InChI is InChI=1S/C39H38N2O12/c1-3-36(44)50-24-34(22-48-32-17-13-30(42)14-18-32)52-38(46)40-28-9-5-26(6-10-28)21-27-7-11-29(12-8-27)41-39(47)53-35(25-51-37(45)4-2)23-49-33-19-15-31(43)16-20-33/h3-20,34-35,42-43H,1-2,21-25H2,(H,40,46)(H,41,47). The van der Waals surface area contributed by atoms with Gasteiger partial charge in [0, 0.05) is 23.5 Å². The Kier molecular flexibility index (Phi) is 14.7. The first kappa shape index (κ1) is 38.8. The van der Waals surface area contributed by atoms with Gasteiger partial charge in [-0.05, 0) is 90.3 Å². The summed E-state index contributed by atoms with van der Waals surface area (Å²) in [7, 11) is 0. The SMILES string of the molecule is C=CC(=O)OCC(COc1ccc(O)cc1)OC(=O)Nc1ccc(Cc2ccc(NC(=O)OC(COC(=O)C=C)COc3ccc(O)cc3)cc2)cc1. The van der Waals surface area contributed by atoms with Gasteiger partial charge in [0.1, 0.15) is 49.4 Å². The fourth-order valence-electron chi connectivity index (χ4n) is 4.41. The molecule has 0 aromatic heterocycles. The molecule has 14 nitrogen and oxygen atoms in total. The van der Waals surface area contributed by atoms with E-state index in [0.717, 1.165) is 23.3 Å². The summed E-state index contributed by atoms with van der Waals surface area (Å²) in [6.45, 7) is 5.91. The van der Waals surface area contributed by atoms with E-state index in [1.165, 1.54) is 48.5 Å². The number of phenolic OH excluding ortho intramolecular Hbond substituents is 2. The monoisotopic (exact) mass is 726 g/mol. The van der Waals surface area contributed by atoms with Crippen molar-refractivity contribution in [2.24, 2.45) is 0 Å². The Labute approximate surface area is 305 Å². The molecule has 0 aliphatic carbocycles. The second-order valence-corrected chi connectivity index (χ2v) is 11.2. The maximum Gasteiger partial charge on any atom is 0.412 e. The molecule has 2 unspecified atom stereocenters. The van der Waals surface area contributed by atoms with Crippen LogP contribution in [0.15, 0.2) is 122 Å². The van der Waals surface area contributed by atoms with Crippen molar-refractivity contribution in [2.75, 3.05) is 37.1 Å². The van der Waals surface area contributed by atoms with E-state index in [1.807, 2.05) is 24.3 Å². The first-order valence-corrected chi connectivity index (χ1v) is 16.1. The van der Waals surface area contributed by atoms with Crippen LogP contribution in [-0.4, -0.2) is 73.0 Å². The Morgan fingerprint density at radius 1 is 0.547 bits per heavy atom. The molecule has 0 bridgehead atoms. The lowest BCUT2D eigenvalue weighted by Gasteiger charge is -2.19. The molecule has 0 aliphatic rings. The summed E-state index contributed by atoms with van der Waals surface area (Å²) in [6, 6.07) is 26.1. The molecule has 0 spiro atoms. The van der Waals surface area contributed by atoms with Crippen LogP contribution in [0.1, 0.15) is 11.1 Å². The predicted molar refractivity (Wildman–Crippen MR) is 193 cm³/mol. The lowest BCUT2D eigenvalue weighted by Crippen LogP contribution is -2.32. The minimum Gasteiger partial charge on any atom is -0.508 e. The fourth-order valence-corrected chi connectivity index (χ4v) is 4.41. The smallest absolute Gasteiger partial charge is 0.412 e. The largest absolute Gasteiger partial charge is 0.508 e. The van der Waals surface area contributed by atoms with Crippen LogP contribution in [0.2, 0.25) is 0 Å². The lowest BCUT2D eigenvalue weighted by molar-refractivity contribution is -0.141.